The number of aromatic nitrogens is 3. The molecule has 0 spiro atoms. The van der Waals surface area contributed by atoms with Crippen molar-refractivity contribution in [1.82, 2.24) is 19.7 Å². The maximum Gasteiger partial charge on any atom is 0.233 e. The quantitative estimate of drug-likeness (QED) is 0.442. The summed E-state index contributed by atoms with van der Waals surface area (Å²) >= 11 is 3.20. The lowest BCUT2D eigenvalue weighted by molar-refractivity contribution is -0.131. The van der Waals surface area contributed by atoms with E-state index in [1.165, 1.54) is 34.3 Å². The molecule has 1 saturated heterocycles. The molecule has 1 fully saturated rings. The number of halogens is 1. The van der Waals surface area contributed by atoms with Gasteiger partial charge in [-0.1, -0.05) is 18.7 Å². The monoisotopic (exact) mass is 486 g/mol. The van der Waals surface area contributed by atoms with Crippen LogP contribution in [-0.2, 0) is 22.5 Å². The van der Waals surface area contributed by atoms with Crippen molar-refractivity contribution in [2.45, 2.75) is 56.5 Å². The van der Waals surface area contributed by atoms with Gasteiger partial charge in [-0.25, -0.2) is 4.39 Å². The molecule has 0 radical (unpaired) electrons. The Labute approximate surface area is 201 Å². The number of carbonyl (C=O) groups excluding carboxylic acids is 1. The number of amides is 1. The molecule has 6 nitrogen and oxygen atoms in total. The number of benzene rings is 1. The number of hydrogen-bond acceptors (Lipinski definition) is 6. The van der Waals surface area contributed by atoms with Gasteiger partial charge in [-0.05, 0) is 67.0 Å². The molecule has 2 atom stereocenters. The molecule has 33 heavy (non-hydrogen) atoms. The average molecular weight is 487 g/mol. The predicted octanol–water partition coefficient (Wildman–Crippen LogP) is 4.95. The summed E-state index contributed by atoms with van der Waals surface area (Å²) in [6, 6.07) is 8.58. The van der Waals surface area contributed by atoms with Gasteiger partial charge in [0.05, 0.1) is 24.4 Å². The van der Waals surface area contributed by atoms with Crippen LogP contribution < -0.4 is 0 Å². The number of fused-ring (bicyclic) bond motifs is 1. The Hall–Kier alpha value is -2.23. The fraction of sp³-hybridized carbons (Fsp3) is 0.458. The molecule has 1 amide bonds. The summed E-state index contributed by atoms with van der Waals surface area (Å²) in [6.45, 7) is 4.28. The highest BCUT2D eigenvalue weighted by Gasteiger charge is 2.31. The molecule has 2 unspecified atom stereocenters. The molecule has 4 heterocycles. The van der Waals surface area contributed by atoms with Gasteiger partial charge in [0.2, 0.25) is 5.91 Å². The van der Waals surface area contributed by atoms with E-state index in [1.807, 2.05) is 9.47 Å². The summed E-state index contributed by atoms with van der Waals surface area (Å²) in [5.41, 5.74) is 2.10. The molecule has 0 saturated carbocycles. The van der Waals surface area contributed by atoms with Crippen molar-refractivity contribution < 1.29 is 13.9 Å². The molecule has 2 aromatic heterocycles. The van der Waals surface area contributed by atoms with Crippen LogP contribution >= 0.6 is 23.1 Å². The van der Waals surface area contributed by atoms with Gasteiger partial charge < -0.3 is 9.64 Å². The van der Waals surface area contributed by atoms with E-state index >= 15 is 0 Å². The zero-order chi connectivity index (χ0) is 22.8. The molecule has 5 rings (SSSR count). The van der Waals surface area contributed by atoms with E-state index in [2.05, 4.69) is 28.6 Å². The summed E-state index contributed by atoms with van der Waals surface area (Å²) < 4.78 is 21.3. The normalized spacial score (nSPS) is 20.2. The molecule has 2 aliphatic heterocycles. The van der Waals surface area contributed by atoms with Crippen LogP contribution in [0.15, 0.2) is 40.9 Å². The second-order valence-corrected chi connectivity index (χ2v) is 10.4. The van der Waals surface area contributed by atoms with Crippen LogP contribution in [0, 0.1) is 5.82 Å². The van der Waals surface area contributed by atoms with E-state index in [0.29, 0.717) is 23.3 Å². The van der Waals surface area contributed by atoms with Crippen LogP contribution in [-0.4, -0.2) is 50.6 Å². The second-order valence-electron chi connectivity index (χ2n) is 8.41. The molecule has 0 aliphatic carbocycles. The highest BCUT2D eigenvalue weighted by atomic mass is 32.2. The zero-order valence-electron chi connectivity index (χ0n) is 18.6. The summed E-state index contributed by atoms with van der Waals surface area (Å²) in [5.74, 6) is 0.819. The lowest BCUT2D eigenvalue weighted by Gasteiger charge is -2.35. The molecule has 9 heteroatoms. The molecule has 3 aromatic rings. The summed E-state index contributed by atoms with van der Waals surface area (Å²) in [6.07, 6.45) is 3.95. The number of thioether (sulfide) groups is 1. The minimum absolute atomic E-state index is 0.0961. The fourth-order valence-electron chi connectivity index (χ4n) is 4.71. The Bertz CT molecular complexity index is 1110. The average Bonchev–Trinajstić information content (AvgIpc) is 3.59. The van der Waals surface area contributed by atoms with Gasteiger partial charge in [-0.2, -0.15) is 0 Å². The maximum absolute atomic E-state index is 13.4. The fourth-order valence-corrected chi connectivity index (χ4v) is 6.47. The third kappa shape index (κ3) is 4.72. The van der Waals surface area contributed by atoms with Gasteiger partial charge in [0.1, 0.15) is 5.82 Å². The molecular formula is C24H27FN4O2S2. The first-order chi connectivity index (χ1) is 16.1. The summed E-state index contributed by atoms with van der Waals surface area (Å²) in [5, 5.41) is 11.6. The number of hydrogen-bond donors (Lipinski definition) is 0. The minimum Gasteiger partial charge on any atom is -0.376 e. The number of carbonyl (C=O) groups is 1. The van der Waals surface area contributed by atoms with Crippen LogP contribution in [0.1, 0.15) is 42.7 Å². The zero-order valence-corrected chi connectivity index (χ0v) is 20.2. The Morgan fingerprint density at radius 1 is 1.27 bits per heavy atom. The van der Waals surface area contributed by atoms with Gasteiger partial charge in [0.15, 0.2) is 11.0 Å². The lowest BCUT2D eigenvalue weighted by atomic mass is 9.98. The molecular weight excluding hydrogens is 459 g/mol. The van der Waals surface area contributed by atoms with Crippen molar-refractivity contribution in [3.05, 3.63) is 52.0 Å². The Balaban J connectivity index is 1.34. The standard InChI is InChI=1S/C24H27FN4O2S2/c1-2-20-19-10-13-32-21(19)9-11-28(20)22(30)15-33-24-27-26-23(16-5-7-17(25)8-6-16)29(24)14-18-4-3-12-31-18/h5-8,10,13,18,20H,2-4,9,11-12,14-15H2,1H3. The highest BCUT2D eigenvalue weighted by molar-refractivity contribution is 7.99. The molecule has 1 aromatic carbocycles. The lowest BCUT2D eigenvalue weighted by Crippen LogP contribution is -2.40. The van der Waals surface area contributed by atoms with Crippen molar-refractivity contribution in [1.29, 1.82) is 0 Å². The van der Waals surface area contributed by atoms with E-state index in [1.54, 1.807) is 23.5 Å². The SMILES string of the molecule is CCC1c2ccsc2CCN1C(=O)CSc1nnc(-c2ccc(F)cc2)n1CC1CCCO1. The Morgan fingerprint density at radius 3 is 2.88 bits per heavy atom. The van der Waals surface area contributed by atoms with E-state index in [4.69, 9.17) is 4.74 Å². The van der Waals surface area contributed by atoms with E-state index < -0.39 is 0 Å². The number of ether oxygens (including phenoxy) is 1. The summed E-state index contributed by atoms with van der Waals surface area (Å²) in [7, 11) is 0. The first-order valence-electron chi connectivity index (χ1n) is 11.4. The minimum atomic E-state index is -0.287. The van der Waals surface area contributed by atoms with Crippen LogP contribution in [0.5, 0.6) is 0 Å². The van der Waals surface area contributed by atoms with Gasteiger partial charge in [0, 0.05) is 23.6 Å². The first-order valence-corrected chi connectivity index (χ1v) is 13.3. The third-order valence-electron chi connectivity index (χ3n) is 6.36. The molecule has 2 aliphatic rings. The number of thiophene rings is 1. The Morgan fingerprint density at radius 2 is 2.12 bits per heavy atom. The predicted molar refractivity (Wildman–Crippen MR) is 128 cm³/mol. The van der Waals surface area contributed by atoms with Gasteiger partial charge in [-0.15, -0.1) is 21.5 Å². The third-order valence-corrected chi connectivity index (χ3v) is 8.30. The van der Waals surface area contributed by atoms with E-state index in [0.717, 1.165) is 44.4 Å². The summed E-state index contributed by atoms with van der Waals surface area (Å²) in [4.78, 5) is 16.6. The maximum atomic E-state index is 13.4. The molecule has 0 bridgehead atoms. The van der Waals surface area contributed by atoms with Crippen molar-refractivity contribution in [2.24, 2.45) is 0 Å². The van der Waals surface area contributed by atoms with Gasteiger partial charge >= 0.3 is 0 Å². The molecule has 0 N–H and O–H groups in total. The largest absolute Gasteiger partial charge is 0.376 e. The number of rotatable bonds is 7. The van der Waals surface area contributed by atoms with Gasteiger partial charge in [-0.3, -0.25) is 9.36 Å². The second kappa shape index (κ2) is 9.95. The van der Waals surface area contributed by atoms with E-state index in [-0.39, 0.29) is 23.9 Å². The van der Waals surface area contributed by atoms with Crippen molar-refractivity contribution in [3.63, 3.8) is 0 Å². The van der Waals surface area contributed by atoms with Crippen LogP contribution in [0.2, 0.25) is 0 Å². The topological polar surface area (TPSA) is 60.2 Å². The highest BCUT2D eigenvalue weighted by Crippen LogP contribution is 2.36. The van der Waals surface area contributed by atoms with Crippen LogP contribution in [0.3, 0.4) is 0 Å². The van der Waals surface area contributed by atoms with Crippen molar-refractivity contribution in [3.8, 4) is 11.4 Å². The van der Waals surface area contributed by atoms with Crippen LogP contribution in [0.4, 0.5) is 4.39 Å². The molecule has 174 valence electrons. The Kier molecular flexibility index (Phi) is 6.80. The van der Waals surface area contributed by atoms with Crippen LogP contribution in [0.25, 0.3) is 11.4 Å². The van der Waals surface area contributed by atoms with Crippen molar-refractivity contribution in [2.75, 3.05) is 18.9 Å². The van der Waals surface area contributed by atoms with Crippen molar-refractivity contribution >= 4 is 29.0 Å². The number of nitrogens with zero attached hydrogens (tertiary/aromatic N) is 4. The van der Waals surface area contributed by atoms with Gasteiger partial charge in [0.25, 0.3) is 0 Å². The first kappa shape index (κ1) is 22.6. The smallest absolute Gasteiger partial charge is 0.233 e. The van der Waals surface area contributed by atoms with E-state index in [9.17, 15) is 9.18 Å².